The first kappa shape index (κ1) is 12.1. The lowest BCUT2D eigenvalue weighted by atomic mass is 10.1. The first-order valence-corrected chi connectivity index (χ1v) is 5.54. The number of nitrogens with one attached hydrogen (secondary N) is 1. The summed E-state index contributed by atoms with van der Waals surface area (Å²) in [6.45, 7) is 2.01. The molecule has 6 nitrogen and oxygen atoms in total. The fourth-order valence-electron chi connectivity index (χ4n) is 1.57. The lowest BCUT2D eigenvalue weighted by molar-refractivity contribution is 0.414. The van der Waals surface area contributed by atoms with Crippen LogP contribution in [-0.4, -0.2) is 22.1 Å². The van der Waals surface area contributed by atoms with Gasteiger partial charge in [-0.2, -0.15) is 4.98 Å². The molecule has 1 atom stereocenters. The van der Waals surface area contributed by atoms with Crippen molar-refractivity contribution in [3.63, 3.8) is 0 Å². The van der Waals surface area contributed by atoms with Gasteiger partial charge in [-0.25, -0.2) is 9.97 Å². The average Bonchev–Trinajstić information content (AvgIpc) is 2.39. The van der Waals surface area contributed by atoms with Crippen LogP contribution in [0.5, 0.6) is 5.75 Å². The zero-order valence-corrected chi connectivity index (χ0v) is 10.3. The molecule has 1 aromatic heterocycles. The topological polar surface area (TPSA) is 86.0 Å². The quantitative estimate of drug-likeness (QED) is 0.851. The number of nitrogens with zero attached hydrogens (tertiary/aromatic N) is 3. The van der Waals surface area contributed by atoms with E-state index < -0.39 is 0 Å². The van der Waals surface area contributed by atoms with E-state index in [4.69, 9.17) is 10.5 Å². The number of nitrogen functional groups attached to an aromatic ring is 1. The van der Waals surface area contributed by atoms with Crippen molar-refractivity contribution in [3.05, 3.63) is 36.2 Å². The summed E-state index contributed by atoms with van der Waals surface area (Å²) in [6.07, 6.45) is 1.38. The number of hydrogen-bond acceptors (Lipinski definition) is 6. The van der Waals surface area contributed by atoms with Crippen LogP contribution >= 0.6 is 0 Å². The predicted molar refractivity (Wildman–Crippen MR) is 69.3 cm³/mol. The first-order valence-electron chi connectivity index (χ1n) is 5.54. The maximum Gasteiger partial charge on any atom is 0.227 e. The Kier molecular flexibility index (Phi) is 3.57. The highest BCUT2D eigenvalue weighted by atomic mass is 16.5. The fraction of sp³-hybridized carbons (Fsp3) is 0.250. The zero-order chi connectivity index (χ0) is 13.0. The van der Waals surface area contributed by atoms with Crippen LogP contribution < -0.4 is 15.8 Å². The molecule has 0 saturated heterocycles. The van der Waals surface area contributed by atoms with Crippen LogP contribution in [0.1, 0.15) is 18.5 Å². The number of rotatable bonds is 4. The Morgan fingerprint density at radius 1 is 1.33 bits per heavy atom. The normalized spacial score (nSPS) is 11.9. The van der Waals surface area contributed by atoms with Gasteiger partial charge in [0.15, 0.2) is 0 Å². The van der Waals surface area contributed by atoms with Gasteiger partial charge in [-0.05, 0) is 24.6 Å². The third-order valence-corrected chi connectivity index (χ3v) is 2.53. The zero-order valence-electron chi connectivity index (χ0n) is 10.3. The van der Waals surface area contributed by atoms with Crippen molar-refractivity contribution in [1.29, 1.82) is 0 Å². The van der Waals surface area contributed by atoms with Crippen molar-refractivity contribution in [1.82, 2.24) is 15.0 Å². The van der Waals surface area contributed by atoms with Gasteiger partial charge in [0.05, 0.1) is 13.2 Å². The molecule has 0 radical (unpaired) electrons. The van der Waals surface area contributed by atoms with Gasteiger partial charge in [0.2, 0.25) is 11.9 Å². The second-order valence-corrected chi connectivity index (χ2v) is 3.81. The van der Waals surface area contributed by atoms with E-state index in [1.807, 2.05) is 31.2 Å². The van der Waals surface area contributed by atoms with Crippen molar-refractivity contribution >= 4 is 11.9 Å². The smallest absolute Gasteiger partial charge is 0.227 e. The molecular weight excluding hydrogens is 230 g/mol. The summed E-state index contributed by atoms with van der Waals surface area (Å²) in [7, 11) is 1.64. The Balaban J connectivity index is 2.13. The van der Waals surface area contributed by atoms with Crippen molar-refractivity contribution < 1.29 is 4.74 Å². The molecule has 0 aliphatic carbocycles. The van der Waals surface area contributed by atoms with Crippen molar-refractivity contribution in [3.8, 4) is 5.75 Å². The minimum absolute atomic E-state index is 0.0434. The van der Waals surface area contributed by atoms with Gasteiger partial charge < -0.3 is 15.8 Å². The minimum Gasteiger partial charge on any atom is -0.497 e. The van der Waals surface area contributed by atoms with Crippen LogP contribution in [0.2, 0.25) is 0 Å². The fourth-order valence-corrected chi connectivity index (χ4v) is 1.57. The summed E-state index contributed by atoms with van der Waals surface area (Å²) in [5.74, 6) is 1.47. The molecule has 6 heteroatoms. The lowest BCUT2D eigenvalue weighted by Gasteiger charge is -2.14. The second-order valence-electron chi connectivity index (χ2n) is 3.81. The molecule has 0 aliphatic rings. The van der Waals surface area contributed by atoms with Crippen LogP contribution in [0.4, 0.5) is 11.9 Å². The Morgan fingerprint density at radius 2 is 2.17 bits per heavy atom. The molecule has 2 aromatic rings. The molecule has 18 heavy (non-hydrogen) atoms. The third kappa shape index (κ3) is 2.85. The van der Waals surface area contributed by atoms with Gasteiger partial charge in [0, 0.05) is 0 Å². The predicted octanol–water partition coefficient (Wildman–Crippen LogP) is 1.64. The molecule has 1 heterocycles. The molecule has 1 aromatic carbocycles. The van der Waals surface area contributed by atoms with Gasteiger partial charge >= 0.3 is 0 Å². The number of nitrogens with two attached hydrogens (primary N) is 1. The second kappa shape index (κ2) is 5.31. The highest BCUT2D eigenvalue weighted by molar-refractivity contribution is 5.36. The summed E-state index contributed by atoms with van der Waals surface area (Å²) < 4.78 is 5.19. The third-order valence-electron chi connectivity index (χ3n) is 2.53. The number of methoxy groups -OCH3 is 1. The van der Waals surface area contributed by atoms with E-state index >= 15 is 0 Å². The minimum atomic E-state index is 0.0434. The van der Waals surface area contributed by atoms with Gasteiger partial charge in [-0.1, -0.05) is 12.1 Å². The van der Waals surface area contributed by atoms with E-state index in [9.17, 15) is 0 Å². The lowest BCUT2D eigenvalue weighted by Crippen LogP contribution is -2.10. The van der Waals surface area contributed by atoms with E-state index in [0.717, 1.165) is 11.3 Å². The summed E-state index contributed by atoms with van der Waals surface area (Å²) in [5, 5.41) is 3.15. The van der Waals surface area contributed by atoms with Gasteiger partial charge in [0.1, 0.15) is 12.1 Å². The summed E-state index contributed by atoms with van der Waals surface area (Å²) in [6, 6.07) is 7.85. The average molecular weight is 245 g/mol. The van der Waals surface area contributed by atoms with Gasteiger partial charge in [-0.15, -0.1) is 0 Å². The largest absolute Gasteiger partial charge is 0.497 e. The van der Waals surface area contributed by atoms with Crippen LogP contribution in [-0.2, 0) is 0 Å². The van der Waals surface area contributed by atoms with Crippen LogP contribution in [0.3, 0.4) is 0 Å². The molecule has 0 bridgehead atoms. The maximum absolute atomic E-state index is 5.50. The Labute approximate surface area is 105 Å². The van der Waals surface area contributed by atoms with E-state index in [-0.39, 0.29) is 12.0 Å². The molecule has 1 unspecified atom stereocenters. The molecule has 2 rings (SSSR count). The number of hydrogen-bond donors (Lipinski definition) is 2. The molecular formula is C12H15N5O. The Hall–Kier alpha value is -2.37. The first-order chi connectivity index (χ1) is 8.69. The van der Waals surface area contributed by atoms with E-state index in [1.165, 1.54) is 6.33 Å². The summed E-state index contributed by atoms with van der Waals surface area (Å²) in [5.41, 5.74) is 6.57. The highest BCUT2D eigenvalue weighted by Crippen LogP contribution is 2.21. The van der Waals surface area contributed by atoms with Gasteiger partial charge in [0.25, 0.3) is 0 Å². The number of aromatic nitrogens is 3. The SMILES string of the molecule is COc1cccc(C(C)Nc2ncnc(N)n2)c1. The monoisotopic (exact) mass is 245 g/mol. The van der Waals surface area contributed by atoms with E-state index in [2.05, 4.69) is 20.3 Å². The van der Waals surface area contributed by atoms with Crippen molar-refractivity contribution in [2.45, 2.75) is 13.0 Å². The van der Waals surface area contributed by atoms with E-state index in [1.54, 1.807) is 7.11 Å². The van der Waals surface area contributed by atoms with Crippen LogP contribution in [0, 0.1) is 0 Å². The standard InChI is InChI=1S/C12H15N5O/c1-8(9-4-3-5-10(6-9)18-2)16-12-15-7-14-11(13)17-12/h3-8H,1-2H3,(H3,13,14,15,16,17). The molecule has 0 aliphatic heterocycles. The van der Waals surface area contributed by atoms with Crippen molar-refractivity contribution in [2.75, 3.05) is 18.2 Å². The Morgan fingerprint density at radius 3 is 2.89 bits per heavy atom. The number of benzene rings is 1. The molecule has 0 saturated carbocycles. The van der Waals surface area contributed by atoms with Crippen molar-refractivity contribution in [2.24, 2.45) is 0 Å². The highest BCUT2D eigenvalue weighted by Gasteiger charge is 2.08. The van der Waals surface area contributed by atoms with Crippen LogP contribution in [0.15, 0.2) is 30.6 Å². The number of anilines is 2. The Bertz CT molecular complexity index is 531. The number of ether oxygens (including phenoxy) is 1. The maximum atomic E-state index is 5.50. The molecule has 0 spiro atoms. The summed E-state index contributed by atoms with van der Waals surface area (Å²) in [4.78, 5) is 11.7. The molecule has 0 amide bonds. The van der Waals surface area contributed by atoms with Gasteiger partial charge in [-0.3, -0.25) is 0 Å². The molecule has 0 fully saturated rings. The van der Waals surface area contributed by atoms with Crippen LogP contribution in [0.25, 0.3) is 0 Å². The summed E-state index contributed by atoms with van der Waals surface area (Å²) >= 11 is 0. The molecule has 3 N–H and O–H groups in total. The van der Waals surface area contributed by atoms with E-state index in [0.29, 0.717) is 5.95 Å². The molecule has 94 valence electrons.